The van der Waals surface area contributed by atoms with Crippen molar-refractivity contribution >= 4 is 29.6 Å². The molecule has 0 unspecified atom stereocenters. The molecule has 2 aromatic rings. The first kappa shape index (κ1) is 11.3. The zero-order valence-corrected chi connectivity index (χ0v) is 9.82. The highest BCUT2D eigenvalue weighted by molar-refractivity contribution is 6.57. The molecule has 1 aliphatic carbocycles. The van der Waals surface area contributed by atoms with Crippen LogP contribution in [0, 0.1) is 0 Å². The van der Waals surface area contributed by atoms with Gasteiger partial charge in [0.2, 0.25) is 0 Å². The van der Waals surface area contributed by atoms with Gasteiger partial charge < -0.3 is 14.6 Å². The number of allylic oxidation sites excluding steroid dienone is 4. The molecule has 4 nitrogen and oxygen atoms in total. The Morgan fingerprint density at radius 2 is 2.06 bits per heavy atom. The monoisotopic (exact) mass is 240 g/mol. The number of fused-ring (bicyclic) bond motifs is 1. The van der Waals surface area contributed by atoms with Gasteiger partial charge >= 0.3 is 7.12 Å². The van der Waals surface area contributed by atoms with Crippen molar-refractivity contribution < 1.29 is 10.0 Å². The van der Waals surface area contributed by atoms with Crippen molar-refractivity contribution in [3.8, 4) is 0 Å². The first-order valence-electron chi connectivity index (χ1n) is 5.97. The molecule has 1 heterocycles. The van der Waals surface area contributed by atoms with Gasteiger partial charge in [0.25, 0.3) is 0 Å². The van der Waals surface area contributed by atoms with E-state index in [1.807, 2.05) is 41.0 Å². The highest BCUT2D eigenvalue weighted by Gasteiger charge is 2.23. The van der Waals surface area contributed by atoms with Crippen molar-refractivity contribution in [1.82, 2.24) is 9.55 Å². The van der Waals surface area contributed by atoms with Crippen LogP contribution in [0.5, 0.6) is 0 Å². The number of aromatic nitrogens is 2. The maximum atomic E-state index is 9.46. The van der Waals surface area contributed by atoms with Crippen molar-refractivity contribution in [3.63, 3.8) is 0 Å². The molecule has 0 atom stereocenters. The largest absolute Gasteiger partial charge is 0.526 e. The molecule has 0 amide bonds. The maximum absolute atomic E-state index is 9.46. The Morgan fingerprint density at radius 3 is 2.78 bits per heavy atom. The Labute approximate surface area is 105 Å². The number of hydrogen-bond acceptors (Lipinski definition) is 3. The van der Waals surface area contributed by atoms with Gasteiger partial charge in [0, 0.05) is 5.70 Å². The SMILES string of the molecule is OB(O)c1nc2ccccc2n1C1=CC=CCC1. The van der Waals surface area contributed by atoms with Gasteiger partial charge in [0.05, 0.1) is 11.0 Å². The molecule has 0 saturated carbocycles. The van der Waals surface area contributed by atoms with E-state index in [2.05, 4.69) is 11.1 Å². The minimum atomic E-state index is -1.57. The summed E-state index contributed by atoms with van der Waals surface area (Å²) in [6, 6.07) is 7.62. The van der Waals surface area contributed by atoms with Gasteiger partial charge in [0.1, 0.15) is 5.72 Å². The minimum absolute atomic E-state index is 0.276. The summed E-state index contributed by atoms with van der Waals surface area (Å²) in [6.45, 7) is 0. The summed E-state index contributed by atoms with van der Waals surface area (Å²) < 4.78 is 1.84. The molecule has 3 rings (SSSR count). The van der Waals surface area contributed by atoms with Crippen LogP contribution in [0.3, 0.4) is 0 Å². The van der Waals surface area contributed by atoms with Gasteiger partial charge in [-0.2, -0.15) is 0 Å². The van der Waals surface area contributed by atoms with Crippen LogP contribution in [0.4, 0.5) is 0 Å². The number of hydrogen-bond donors (Lipinski definition) is 2. The lowest BCUT2D eigenvalue weighted by Gasteiger charge is -2.14. The lowest BCUT2D eigenvalue weighted by Crippen LogP contribution is -2.38. The molecular formula is C13H13BN2O2. The van der Waals surface area contributed by atoms with E-state index in [4.69, 9.17) is 0 Å². The molecule has 0 radical (unpaired) electrons. The number of imidazole rings is 1. The van der Waals surface area contributed by atoms with E-state index in [1.165, 1.54) is 0 Å². The predicted molar refractivity (Wildman–Crippen MR) is 72.2 cm³/mol. The van der Waals surface area contributed by atoms with Crippen molar-refractivity contribution in [2.24, 2.45) is 0 Å². The summed E-state index contributed by atoms with van der Waals surface area (Å²) in [6.07, 6.45) is 7.90. The molecule has 1 aliphatic rings. The van der Waals surface area contributed by atoms with Crippen LogP contribution in [-0.2, 0) is 0 Å². The Hall–Kier alpha value is -1.85. The average molecular weight is 240 g/mol. The molecule has 0 saturated heterocycles. The number of para-hydroxylation sites is 2. The van der Waals surface area contributed by atoms with Gasteiger partial charge in [-0.05, 0) is 31.1 Å². The fourth-order valence-electron chi connectivity index (χ4n) is 2.30. The molecule has 5 heteroatoms. The molecule has 2 N–H and O–H groups in total. The summed E-state index contributed by atoms with van der Waals surface area (Å²) in [5.41, 5.74) is 2.99. The third kappa shape index (κ3) is 1.77. The lowest BCUT2D eigenvalue weighted by atomic mass is 9.90. The van der Waals surface area contributed by atoms with Gasteiger partial charge in [0.15, 0.2) is 0 Å². The van der Waals surface area contributed by atoms with Crippen LogP contribution in [0.2, 0.25) is 0 Å². The fourth-order valence-corrected chi connectivity index (χ4v) is 2.30. The predicted octanol–water partition coefficient (Wildman–Crippen LogP) is 0.907. The molecule has 90 valence electrons. The molecule has 1 aromatic heterocycles. The van der Waals surface area contributed by atoms with E-state index >= 15 is 0 Å². The van der Waals surface area contributed by atoms with E-state index in [0.717, 1.165) is 29.6 Å². The first-order chi connectivity index (χ1) is 8.77. The molecular weight excluding hydrogens is 227 g/mol. The third-order valence-electron chi connectivity index (χ3n) is 3.10. The topological polar surface area (TPSA) is 58.3 Å². The quantitative estimate of drug-likeness (QED) is 0.767. The van der Waals surface area contributed by atoms with Crippen LogP contribution in [0.25, 0.3) is 16.7 Å². The minimum Gasteiger partial charge on any atom is -0.421 e. The number of benzene rings is 1. The smallest absolute Gasteiger partial charge is 0.421 e. The molecule has 0 fully saturated rings. The summed E-state index contributed by atoms with van der Waals surface area (Å²) >= 11 is 0. The summed E-state index contributed by atoms with van der Waals surface area (Å²) in [4.78, 5) is 4.29. The highest BCUT2D eigenvalue weighted by Crippen LogP contribution is 2.21. The van der Waals surface area contributed by atoms with Crippen molar-refractivity contribution in [2.75, 3.05) is 0 Å². The van der Waals surface area contributed by atoms with E-state index in [-0.39, 0.29) is 5.72 Å². The maximum Gasteiger partial charge on any atom is 0.526 e. The van der Waals surface area contributed by atoms with Crippen LogP contribution in [-0.4, -0.2) is 26.7 Å². The average Bonchev–Trinajstić information content (AvgIpc) is 2.79. The molecule has 0 aliphatic heterocycles. The Balaban J connectivity index is 2.27. The first-order valence-corrected chi connectivity index (χ1v) is 5.97. The standard InChI is InChI=1S/C13H13BN2O2/c17-14(18)13-15-11-8-4-5-9-12(11)16(13)10-6-2-1-3-7-10/h1-2,4-6,8-9,17-18H,3,7H2. The molecule has 1 aromatic carbocycles. The molecule has 18 heavy (non-hydrogen) atoms. The van der Waals surface area contributed by atoms with Crippen LogP contribution < -0.4 is 5.72 Å². The van der Waals surface area contributed by atoms with E-state index in [0.29, 0.717) is 0 Å². The fraction of sp³-hybridized carbons (Fsp3) is 0.154. The Kier molecular flexibility index (Phi) is 2.78. The zero-order chi connectivity index (χ0) is 12.5. The highest BCUT2D eigenvalue weighted by atomic mass is 16.4. The second-order valence-electron chi connectivity index (χ2n) is 4.29. The van der Waals surface area contributed by atoms with E-state index in [9.17, 15) is 10.0 Å². The second kappa shape index (κ2) is 4.44. The molecule has 0 bridgehead atoms. The van der Waals surface area contributed by atoms with Crippen molar-refractivity contribution in [3.05, 3.63) is 42.5 Å². The van der Waals surface area contributed by atoms with E-state index in [1.54, 1.807) is 0 Å². The summed E-state index contributed by atoms with van der Waals surface area (Å²) in [5, 5.41) is 18.9. The van der Waals surface area contributed by atoms with Gasteiger partial charge in [-0.1, -0.05) is 24.3 Å². The van der Waals surface area contributed by atoms with Crippen LogP contribution in [0.1, 0.15) is 12.8 Å². The van der Waals surface area contributed by atoms with Crippen LogP contribution >= 0.6 is 0 Å². The lowest BCUT2D eigenvalue weighted by molar-refractivity contribution is 0.422. The second-order valence-corrected chi connectivity index (χ2v) is 4.29. The van der Waals surface area contributed by atoms with Gasteiger partial charge in [-0.25, -0.2) is 4.98 Å². The number of rotatable bonds is 2. The molecule has 0 spiro atoms. The number of nitrogens with zero attached hydrogens (tertiary/aromatic N) is 2. The normalized spacial score (nSPS) is 14.9. The zero-order valence-electron chi connectivity index (χ0n) is 9.82. The summed E-state index contributed by atoms with van der Waals surface area (Å²) in [5.74, 6) is 0. The van der Waals surface area contributed by atoms with Crippen LogP contribution in [0.15, 0.2) is 42.5 Å². The summed E-state index contributed by atoms with van der Waals surface area (Å²) in [7, 11) is -1.57. The Bertz CT molecular complexity index is 643. The third-order valence-corrected chi connectivity index (χ3v) is 3.10. The van der Waals surface area contributed by atoms with Gasteiger partial charge in [-0.15, -0.1) is 0 Å². The van der Waals surface area contributed by atoms with E-state index < -0.39 is 7.12 Å². The van der Waals surface area contributed by atoms with Crippen molar-refractivity contribution in [1.29, 1.82) is 0 Å². The Morgan fingerprint density at radius 1 is 1.22 bits per heavy atom. The van der Waals surface area contributed by atoms with Gasteiger partial charge in [-0.3, -0.25) is 0 Å². The van der Waals surface area contributed by atoms with Crippen molar-refractivity contribution in [2.45, 2.75) is 12.8 Å².